The second kappa shape index (κ2) is 11.0. The molecule has 1 atom stereocenters. The number of carbonyl (C=O) groups is 2. The number of nitrogens with one attached hydrogen (secondary N) is 1. The first-order chi connectivity index (χ1) is 14.5. The van der Waals surface area contributed by atoms with Gasteiger partial charge >= 0.3 is 0 Å². The maximum atomic E-state index is 13.3. The smallest absolute Gasteiger partial charge is 0.244 e. The largest absolute Gasteiger partial charge is 0.355 e. The molecule has 0 aliphatic rings. The molecule has 168 valence electrons. The lowest BCUT2D eigenvalue weighted by molar-refractivity contribution is -0.139. The van der Waals surface area contributed by atoms with Gasteiger partial charge in [0.05, 0.1) is 11.9 Å². The summed E-state index contributed by atoms with van der Waals surface area (Å²) < 4.78 is 26.6. The Morgan fingerprint density at radius 3 is 2.42 bits per heavy atom. The van der Waals surface area contributed by atoms with Crippen LogP contribution in [0.2, 0.25) is 5.02 Å². The van der Waals surface area contributed by atoms with Crippen LogP contribution < -0.4 is 9.62 Å². The van der Waals surface area contributed by atoms with Gasteiger partial charge in [0.15, 0.2) is 0 Å². The molecule has 0 aromatic heterocycles. The molecule has 1 N–H and O–H groups in total. The number of hydrogen-bond donors (Lipinski definition) is 1. The Balaban J connectivity index is 2.38. The van der Waals surface area contributed by atoms with Crippen molar-refractivity contribution < 1.29 is 18.0 Å². The minimum Gasteiger partial charge on any atom is -0.355 e. The van der Waals surface area contributed by atoms with Crippen LogP contribution in [0.1, 0.15) is 19.4 Å². The van der Waals surface area contributed by atoms with E-state index in [2.05, 4.69) is 21.2 Å². The number of sulfonamides is 1. The van der Waals surface area contributed by atoms with E-state index in [0.717, 1.165) is 16.1 Å². The van der Waals surface area contributed by atoms with E-state index in [4.69, 9.17) is 11.6 Å². The van der Waals surface area contributed by atoms with Crippen molar-refractivity contribution in [2.45, 2.75) is 26.4 Å². The van der Waals surface area contributed by atoms with Crippen molar-refractivity contribution in [2.75, 3.05) is 23.7 Å². The van der Waals surface area contributed by atoms with Crippen LogP contribution in [0.5, 0.6) is 0 Å². The summed E-state index contributed by atoms with van der Waals surface area (Å²) in [6.07, 6.45) is 1.04. The summed E-state index contributed by atoms with van der Waals surface area (Å²) >= 11 is 9.38. The second-order valence-electron chi connectivity index (χ2n) is 6.97. The number of likely N-dealkylation sites (N-methyl/N-ethyl adjacent to an activating group) is 1. The molecule has 2 amide bonds. The fourth-order valence-corrected chi connectivity index (χ4v) is 4.42. The molecule has 0 saturated heterocycles. The standard InChI is InChI=1S/C21H25BrClN3O4S/c1-4-24-21(28)15(2)25(13-16-7-5-9-18(23)11-16)20(27)14-26(31(3,29)30)19-10-6-8-17(22)12-19/h5-12,15H,4,13-14H2,1-3H3,(H,24,28)/t15-/m1/s1. The van der Waals surface area contributed by atoms with E-state index < -0.39 is 28.5 Å². The summed E-state index contributed by atoms with van der Waals surface area (Å²) in [7, 11) is -3.76. The molecule has 2 aromatic carbocycles. The number of nitrogens with zero attached hydrogens (tertiary/aromatic N) is 2. The summed E-state index contributed by atoms with van der Waals surface area (Å²) in [4.78, 5) is 27.1. The van der Waals surface area contributed by atoms with Crippen molar-refractivity contribution in [1.82, 2.24) is 10.2 Å². The molecule has 2 rings (SSSR count). The van der Waals surface area contributed by atoms with Gasteiger partial charge in [-0.3, -0.25) is 13.9 Å². The molecule has 0 bridgehead atoms. The van der Waals surface area contributed by atoms with E-state index in [1.807, 2.05) is 0 Å². The third-order valence-electron chi connectivity index (χ3n) is 4.54. The lowest BCUT2D eigenvalue weighted by Gasteiger charge is -2.31. The highest BCUT2D eigenvalue weighted by Crippen LogP contribution is 2.23. The average molecular weight is 531 g/mol. The number of benzene rings is 2. The predicted molar refractivity (Wildman–Crippen MR) is 126 cm³/mol. The van der Waals surface area contributed by atoms with Crippen molar-refractivity contribution in [3.63, 3.8) is 0 Å². The van der Waals surface area contributed by atoms with Crippen LogP contribution in [-0.4, -0.2) is 50.5 Å². The quantitative estimate of drug-likeness (QED) is 0.538. The molecule has 0 unspecified atom stereocenters. The van der Waals surface area contributed by atoms with E-state index in [1.54, 1.807) is 62.4 Å². The molecule has 0 aliphatic carbocycles. The first kappa shape index (κ1) is 25.2. The Morgan fingerprint density at radius 2 is 1.84 bits per heavy atom. The molecule has 0 fully saturated rings. The van der Waals surface area contributed by atoms with E-state index in [0.29, 0.717) is 21.7 Å². The van der Waals surface area contributed by atoms with Crippen LogP contribution in [-0.2, 0) is 26.2 Å². The molecule has 2 aromatic rings. The molecule has 0 aliphatic heterocycles. The first-order valence-corrected chi connectivity index (χ1v) is 12.6. The van der Waals surface area contributed by atoms with E-state index in [1.165, 1.54) is 4.90 Å². The molecule has 0 heterocycles. The molecule has 0 spiro atoms. The topological polar surface area (TPSA) is 86.8 Å². The Bertz CT molecular complexity index is 1050. The lowest BCUT2D eigenvalue weighted by Crippen LogP contribution is -2.51. The Morgan fingerprint density at radius 1 is 1.16 bits per heavy atom. The normalized spacial score (nSPS) is 12.2. The van der Waals surface area contributed by atoms with Gasteiger partial charge < -0.3 is 10.2 Å². The van der Waals surface area contributed by atoms with Gasteiger partial charge in [0, 0.05) is 22.6 Å². The van der Waals surface area contributed by atoms with Gasteiger partial charge in [0.1, 0.15) is 12.6 Å². The minimum absolute atomic E-state index is 0.105. The molecule has 10 heteroatoms. The summed E-state index contributed by atoms with van der Waals surface area (Å²) in [5, 5.41) is 3.21. The number of hydrogen-bond acceptors (Lipinski definition) is 4. The monoisotopic (exact) mass is 529 g/mol. The van der Waals surface area contributed by atoms with Gasteiger partial charge in [-0.1, -0.05) is 45.7 Å². The van der Waals surface area contributed by atoms with Crippen molar-refractivity contribution in [3.8, 4) is 0 Å². The number of anilines is 1. The molecule has 0 saturated carbocycles. The van der Waals surface area contributed by atoms with Gasteiger partial charge in [0.2, 0.25) is 21.8 Å². The molecule has 7 nitrogen and oxygen atoms in total. The van der Waals surface area contributed by atoms with Gasteiger partial charge in [-0.15, -0.1) is 0 Å². The highest BCUT2D eigenvalue weighted by Gasteiger charge is 2.30. The van der Waals surface area contributed by atoms with Gasteiger partial charge in [-0.2, -0.15) is 0 Å². The van der Waals surface area contributed by atoms with Crippen molar-refractivity contribution >= 4 is 55.1 Å². The van der Waals surface area contributed by atoms with Gasteiger partial charge in [-0.05, 0) is 49.7 Å². The van der Waals surface area contributed by atoms with E-state index >= 15 is 0 Å². The van der Waals surface area contributed by atoms with Crippen LogP contribution in [0.25, 0.3) is 0 Å². The molecular weight excluding hydrogens is 506 g/mol. The second-order valence-corrected chi connectivity index (χ2v) is 10.2. The van der Waals surface area contributed by atoms with E-state index in [9.17, 15) is 18.0 Å². The van der Waals surface area contributed by atoms with Crippen LogP contribution in [0, 0.1) is 0 Å². The summed E-state index contributed by atoms with van der Waals surface area (Å²) in [5.74, 6) is -0.838. The fraction of sp³-hybridized carbons (Fsp3) is 0.333. The Labute approximate surface area is 196 Å². The Kier molecular flexibility index (Phi) is 8.90. The van der Waals surface area contributed by atoms with Gasteiger partial charge in [-0.25, -0.2) is 8.42 Å². The maximum absolute atomic E-state index is 13.3. The van der Waals surface area contributed by atoms with Crippen LogP contribution in [0.3, 0.4) is 0 Å². The summed E-state index contributed by atoms with van der Waals surface area (Å²) in [6, 6.07) is 12.8. The summed E-state index contributed by atoms with van der Waals surface area (Å²) in [6.45, 7) is 3.47. The number of rotatable bonds is 9. The zero-order valence-electron chi connectivity index (χ0n) is 17.5. The average Bonchev–Trinajstić information content (AvgIpc) is 2.69. The summed E-state index contributed by atoms with van der Waals surface area (Å²) in [5.41, 5.74) is 1.07. The van der Waals surface area contributed by atoms with Crippen molar-refractivity contribution in [2.24, 2.45) is 0 Å². The molecule has 0 radical (unpaired) electrons. The van der Waals surface area contributed by atoms with Gasteiger partial charge in [0.25, 0.3) is 0 Å². The number of amides is 2. The lowest BCUT2D eigenvalue weighted by atomic mass is 10.1. The Hall–Kier alpha value is -2.10. The predicted octanol–water partition coefficient (Wildman–Crippen LogP) is 3.42. The maximum Gasteiger partial charge on any atom is 0.244 e. The highest BCUT2D eigenvalue weighted by molar-refractivity contribution is 9.10. The highest BCUT2D eigenvalue weighted by atomic mass is 79.9. The zero-order valence-corrected chi connectivity index (χ0v) is 20.7. The molecular formula is C21H25BrClN3O4S. The first-order valence-electron chi connectivity index (χ1n) is 9.57. The fourth-order valence-electron chi connectivity index (χ4n) is 2.98. The van der Waals surface area contributed by atoms with Crippen molar-refractivity contribution in [3.05, 3.63) is 63.6 Å². The number of carbonyl (C=O) groups excluding carboxylic acids is 2. The van der Waals surface area contributed by atoms with Crippen LogP contribution in [0.4, 0.5) is 5.69 Å². The minimum atomic E-state index is -3.76. The number of halogens is 2. The van der Waals surface area contributed by atoms with Crippen LogP contribution in [0.15, 0.2) is 53.0 Å². The third kappa shape index (κ3) is 7.22. The van der Waals surface area contributed by atoms with Crippen molar-refractivity contribution in [1.29, 1.82) is 0 Å². The zero-order chi connectivity index (χ0) is 23.2. The molecule has 31 heavy (non-hydrogen) atoms. The third-order valence-corrected chi connectivity index (χ3v) is 6.40. The van der Waals surface area contributed by atoms with Crippen LogP contribution >= 0.6 is 27.5 Å². The van der Waals surface area contributed by atoms with E-state index in [-0.39, 0.29) is 12.5 Å². The SMILES string of the molecule is CCNC(=O)[C@@H](C)N(Cc1cccc(Cl)c1)C(=O)CN(c1cccc(Br)c1)S(C)(=O)=O.